The van der Waals surface area contributed by atoms with Crippen LogP contribution in [0.25, 0.3) is 0 Å². The van der Waals surface area contributed by atoms with Gasteiger partial charge in [-0.3, -0.25) is 0 Å². The van der Waals surface area contributed by atoms with Crippen molar-refractivity contribution < 1.29 is 17.7 Å². The maximum atomic E-state index is 12.8. The van der Waals surface area contributed by atoms with E-state index in [1.165, 1.54) is 4.31 Å². The summed E-state index contributed by atoms with van der Waals surface area (Å²) < 4.78 is 37.9. The Morgan fingerprint density at radius 2 is 1.96 bits per heavy atom. The molecule has 0 saturated carbocycles. The van der Waals surface area contributed by atoms with Crippen LogP contribution in [0.1, 0.15) is 17.9 Å². The first-order chi connectivity index (χ1) is 12.9. The van der Waals surface area contributed by atoms with Gasteiger partial charge < -0.3 is 14.2 Å². The van der Waals surface area contributed by atoms with E-state index >= 15 is 0 Å². The molecule has 1 aromatic carbocycles. The van der Waals surface area contributed by atoms with Crippen molar-refractivity contribution in [3.63, 3.8) is 0 Å². The van der Waals surface area contributed by atoms with E-state index in [0.29, 0.717) is 49.3 Å². The molecule has 0 bridgehead atoms. The zero-order valence-corrected chi connectivity index (χ0v) is 17.1. The number of hydrogen-bond donors (Lipinski definition) is 0. The van der Waals surface area contributed by atoms with Gasteiger partial charge in [0.1, 0.15) is 16.3 Å². The van der Waals surface area contributed by atoms with Gasteiger partial charge in [-0.1, -0.05) is 22.8 Å². The number of benzene rings is 1. The summed E-state index contributed by atoms with van der Waals surface area (Å²) in [4.78, 5) is 2.45. The molecular formula is C18H24ClN3O4S. The summed E-state index contributed by atoms with van der Waals surface area (Å²) in [5, 5.41) is 4.41. The number of aromatic nitrogens is 1. The fraction of sp³-hybridized carbons (Fsp3) is 0.500. The van der Waals surface area contributed by atoms with Crippen molar-refractivity contribution in [3.8, 4) is 5.75 Å². The number of rotatable bonds is 7. The van der Waals surface area contributed by atoms with Crippen LogP contribution < -0.4 is 4.74 Å². The van der Waals surface area contributed by atoms with Gasteiger partial charge in [0.05, 0.1) is 6.61 Å². The third kappa shape index (κ3) is 4.82. The van der Waals surface area contributed by atoms with E-state index in [0.717, 1.165) is 18.7 Å². The van der Waals surface area contributed by atoms with Crippen molar-refractivity contribution >= 4 is 21.6 Å². The van der Waals surface area contributed by atoms with Crippen molar-refractivity contribution in [2.75, 3.05) is 39.3 Å². The van der Waals surface area contributed by atoms with E-state index < -0.39 is 10.0 Å². The fourth-order valence-corrected chi connectivity index (χ4v) is 5.09. The molecule has 0 unspecified atom stereocenters. The van der Waals surface area contributed by atoms with Crippen LogP contribution in [0.3, 0.4) is 0 Å². The Bertz CT molecular complexity index is 857. The molecule has 0 N–H and O–H groups in total. The lowest BCUT2D eigenvalue weighted by atomic mass is 10.3. The molecule has 1 aliphatic rings. The molecule has 2 heterocycles. The largest absolute Gasteiger partial charge is 0.493 e. The summed E-state index contributed by atoms with van der Waals surface area (Å²) in [5.74, 6) is 1.10. The molecule has 0 radical (unpaired) electrons. The van der Waals surface area contributed by atoms with Gasteiger partial charge in [-0.05, 0) is 38.5 Å². The second-order valence-electron chi connectivity index (χ2n) is 6.56. The highest BCUT2D eigenvalue weighted by atomic mass is 35.5. The van der Waals surface area contributed by atoms with Crippen molar-refractivity contribution in [2.24, 2.45) is 0 Å². The van der Waals surface area contributed by atoms with E-state index in [1.807, 2.05) is 18.2 Å². The van der Waals surface area contributed by atoms with E-state index in [-0.39, 0.29) is 4.90 Å². The number of hydrogen-bond acceptors (Lipinski definition) is 6. The first-order valence-corrected chi connectivity index (χ1v) is 10.7. The maximum Gasteiger partial charge on any atom is 0.248 e. The van der Waals surface area contributed by atoms with Gasteiger partial charge in [0, 0.05) is 37.7 Å². The monoisotopic (exact) mass is 413 g/mol. The second kappa shape index (κ2) is 8.60. The van der Waals surface area contributed by atoms with Crippen LogP contribution in [0, 0.1) is 13.8 Å². The Balaban J connectivity index is 1.45. The average Bonchev–Trinajstić information content (AvgIpc) is 2.98. The number of aryl methyl sites for hydroxylation is 2. The Morgan fingerprint density at radius 3 is 2.59 bits per heavy atom. The lowest BCUT2D eigenvalue weighted by molar-refractivity contribution is 0.174. The van der Waals surface area contributed by atoms with Crippen LogP contribution in [0.2, 0.25) is 5.02 Å². The number of nitrogens with zero attached hydrogens (tertiary/aromatic N) is 3. The minimum atomic E-state index is -3.56. The number of halogens is 1. The minimum absolute atomic E-state index is 0.200. The van der Waals surface area contributed by atoms with Crippen molar-refractivity contribution in [1.82, 2.24) is 14.4 Å². The highest BCUT2D eigenvalue weighted by Gasteiger charge is 2.33. The Labute approximate surface area is 164 Å². The van der Waals surface area contributed by atoms with E-state index in [9.17, 15) is 8.42 Å². The predicted molar refractivity (Wildman–Crippen MR) is 103 cm³/mol. The van der Waals surface area contributed by atoms with Crippen LogP contribution in [0.4, 0.5) is 0 Å². The van der Waals surface area contributed by atoms with E-state index in [4.69, 9.17) is 20.9 Å². The van der Waals surface area contributed by atoms with E-state index in [2.05, 4.69) is 10.1 Å². The van der Waals surface area contributed by atoms with Gasteiger partial charge >= 0.3 is 0 Å². The van der Waals surface area contributed by atoms with Crippen molar-refractivity contribution in [1.29, 1.82) is 0 Å². The molecule has 27 heavy (non-hydrogen) atoms. The SMILES string of the molecule is Cc1noc(C)c1S(=O)(=O)N1CCN(CCCOc2cccc(Cl)c2)CC1. The Hall–Kier alpha value is -1.61. The summed E-state index contributed by atoms with van der Waals surface area (Å²) in [6, 6.07) is 7.34. The molecular weight excluding hydrogens is 390 g/mol. The summed E-state index contributed by atoms with van der Waals surface area (Å²) in [7, 11) is -3.56. The highest BCUT2D eigenvalue weighted by Crippen LogP contribution is 2.24. The van der Waals surface area contributed by atoms with Gasteiger partial charge in [0.15, 0.2) is 5.76 Å². The molecule has 7 nitrogen and oxygen atoms in total. The lowest BCUT2D eigenvalue weighted by Crippen LogP contribution is -2.49. The number of piperazine rings is 1. The molecule has 0 aliphatic carbocycles. The standard InChI is InChI=1S/C18H24ClN3O4S/c1-14-18(15(2)26-20-14)27(23,24)22-10-8-21(9-11-22)7-4-12-25-17-6-3-5-16(19)13-17/h3,5-6,13H,4,7-12H2,1-2H3. The van der Waals surface area contributed by atoms with Crippen LogP contribution in [0.5, 0.6) is 5.75 Å². The smallest absolute Gasteiger partial charge is 0.248 e. The van der Waals surface area contributed by atoms with Crippen LogP contribution in [-0.2, 0) is 10.0 Å². The molecule has 1 fully saturated rings. The summed E-state index contributed by atoms with van der Waals surface area (Å²) in [6.07, 6.45) is 0.864. The Kier molecular flexibility index (Phi) is 6.41. The lowest BCUT2D eigenvalue weighted by Gasteiger charge is -2.33. The van der Waals surface area contributed by atoms with Gasteiger partial charge in [0.2, 0.25) is 10.0 Å². The molecule has 1 saturated heterocycles. The van der Waals surface area contributed by atoms with Crippen LogP contribution in [-0.4, -0.2) is 62.1 Å². The van der Waals surface area contributed by atoms with Gasteiger partial charge in [-0.2, -0.15) is 4.31 Å². The normalized spacial score (nSPS) is 16.6. The minimum Gasteiger partial charge on any atom is -0.493 e. The zero-order valence-electron chi connectivity index (χ0n) is 15.5. The zero-order chi connectivity index (χ0) is 19.4. The van der Waals surface area contributed by atoms with Crippen LogP contribution >= 0.6 is 11.6 Å². The molecule has 1 aliphatic heterocycles. The molecule has 1 aromatic heterocycles. The quantitative estimate of drug-likeness (QED) is 0.649. The maximum absolute atomic E-state index is 12.8. The second-order valence-corrected chi connectivity index (χ2v) is 8.87. The third-order valence-electron chi connectivity index (χ3n) is 4.58. The predicted octanol–water partition coefficient (Wildman–Crippen LogP) is 2.72. The molecule has 0 amide bonds. The summed E-state index contributed by atoms with van der Waals surface area (Å²) in [6.45, 7) is 7.04. The topological polar surface area (TPSA) is 75.9 Å². The molecule has 148 valence electrons. The molecule has 0 atom stereocenters. The first-order valence-electron chi connectivity index (χ1n) is 8.91. The van der Waals surface area contributed by atoms with Gasteiger partial charge in [-0.15, -0.1) is 0 Å². The number of sulfonamides is 1. The Morgan fingerprint density at radius 1 is 1.22 bits per heavy atom. The van der Waals surface area contributed by atoms with Crippen molar-refractivity contribution in [3.05, 3.63) is 40.7 Å². The molecule has 3 rings (SSSR count). The molecule has 0 spiro atoms. The molecule has 9 heteroatoms. The van der Waals surface area contributed by atoms with Crippen molar-refractivity contribution in [2.45, 2.75) is 25.2 Å². The summed E-state index contributed by atoms with van der Waals surface area (Å²) in [5.41, 5.74) is 0.410. The average molecular weight is 414 g/mol. The molecule has 2 aromatic rings. The van der Waals surface area contributed by atoms with Crippen LogP contribution in [0.15, 0.2) is 33.7 Å². The first kappa shape index (κ1) is 20.1. The summed E-state index contributed by atoms with van der Waals surface area (Å²) >= 11 is 5.93. The van der Waals surface area contributed by atoms with Gasteiger partial charge in [-0.25, -0.2) is 8.42 Å². The third-order valence-corrected chi connectivity index (χ3v) is 6.96. The highest BCUT2D eigenvalue weighted by molar-refractivity contribution is 7.89. The fourth-order valence-electron chi connectivity index (χ4n) is 3.20. The van der Waals surface area contributed by atoms with Gasteiger partial charge in [0.25, 0.3) is 0 Å². The number of ether oxygens (including phenoxy) is 1. The van der Waals surface area contributed by atoms with E-state index in [1.54, 1.807) is 19.9 Å².